The lowest BCUT2D eigenvalue weighted by molar-refractivity contribution is -0.132. The molecule has 3 heterocycles. The lowest BCUT2D eigenvalue weighted by Crippen LogP contribution is -2.57. The van der Waals surface area contributed by atoms with Crippen LogP contribution in [0.1, 0.15) is 25.7 Å². The Kier molecular flexibility index (Phi) is 4.93. The van der Waals surface area contributed by atoms with Crippen LogP contribution < -0.4 is 15.5 Å². The fraction of sp³-hybridized carbons (Fsp3) is 0.500. The number of amides is 1. The molecule has 2 aromatic rings. The first-order valence-electron chi connectivity index (χ1n) is 9.60. The molecular formula is C20H27N5O. The van der Waals surface area contributed by atoms with Gasteiger partial charge >= 0.3 is 0 Å². The highest BCUT2D eigenvalue weighted by Crippen LogP contribution is 2.28. The molecule has 26 heavy (non-hydrogen) atoms. The first kappa shape index (κ1) is 17.1. The topological polar surface area (TPSA) is 62.2 Å². The van der Waals surface area contributed by atoms with Gasteiger partial charge in [0.2, 0.25) is 5.91 Å². The second-order valence-electron chi connectivity index (χ2n) is 7.30. The zero-order valence-electron chi connectivity index (χ0n) is 15.1. The molecule has 2 fully saturated rings. The van der Waals surface area contributed by atoms with Crippen LogP contribution in [0.2, 0.25) is 0 Å². The van der Waals surface area contributed by atoms with Crippen LogP contribution in [0.15, 0.2) is 48.8 Å². The summed E-state index contributed by atoms with van der Waals surface area (Å²) >= 11 is 0. The van der Waals surface area contributed by atoms with Crippen molar-refractivity contribution in [1.29, 1.82) is 0 Å². The van der Waals surface area contributed by atoms with E-state index >= 15 is 0 Å². The third kappa shape index (κ3) is 3.33. The minimum absolute atomic E-state index is 0.126. The van der Waals surface area contributed by atoms with Crippen molar-refractivity contribution in [2.75, 3.05) is 31.1 Å². The van der Waals surface area contributed by atoms with Crippen molar-refractivity contribution in [3.05, 3.63) is 48.8 Å². The van der Waals surface area contributed by atoms with Crippen LogP contribution in [0.4, 0.5) is 5.69 Å². The van der Waals surface area contributed by atoms with Crippen molar-refractivity contribution >= 4 is 11.6 Å². The van der Waals surface area contributed by atoms with Crippen molar-refractivity contribution in [1.82, 2.24) is 20.4 Å². The van der Waals surface area contributed by atoms with Gasteiger partial charge in [0.1, 0.15) is 5.54 Å². The Bertz CT molecular complexity index is 701. The second kappa shape index (κ2) is 7.50. The quantitative estimate of drug-likeness (QED) is 0.879. The molecule has 0 atom stereocenters. The number of carbonyl (C=O) groups excluding carboxylic acids is 1. The lowest BCUT2D eigenvalue weighted by Gasteiger charge is -2.39. The number of rotatable bonds is 4. The first-order valence-corrected chi connectivity index (χ1v) is 9.60. The Labute approximate surface area is 154 Å². The van der Waals surface area contributed by atoms with Gasteiger partial charge in [0.25, 0.3) is 0 Å². The minimum atomic E-state index is -0.550. The van der Waals surface area contributed by atoms with Crippen molar-refractivity contribution in [3.63, 3.8) is 0 Å². The molecule has 1 aromatic carbocycles. The Balaban J connectivity index is 1.40. The van der Waals surface area contributed by atoms with E-state index < -0.39 is 5.54 Å². The number of hydrogen-bond acceptors (Lipinski definition) is 4. The summed E-state index contributed by atoms with van der Waals surface area (Å²) in [6, 6.07) is 12.6. The van der Waals surface area contributed by atoms with Gasteiger partial charge in [-0.1, -0.05) is 18.2 Å². The lowest BCUT2D eigenvalue weighted by atomic mass is 9.86. The molecule has 0 radical (unpaired) electrons. The molecule has 0 bridgehead atoms. The number of para-hydroxylation sites is 1. The molecule has 0 saturated carbocycles. The average Bonchev–Trinajstić information content (AvgIpc) is 3.25. The average molecular weight is 353 g/mol. The molecular weight excluding hydrogens is 326 g/mol. The maximum absolute atomic E-state index is 13.2. The predicted octanol–water partition coefficient (Wildman–Crippen LogP) is 1.75. The van der Waals surface area contributed by atoms with Crippen molar-refractivity contribution in [3.8, 4) is 0 Å². The number of aromatic nitrogens is 2. The Morgan fingerprint density at radius 1 is 1.12 bits per heavy atom. The molecule has 2 N–H and O–H groups in total. The third-order valence-corrected chi connectivity index (χ3v) is 5.75. The van der Waals surface area contributed by atoms with E-state index in [2.05, 4.69) is 44.9 Å². The molecule has 4 rings (SSSR count). The summed E-state index contributed by atoms with van der Waals surface area (Å²) in [6.07, 6.45) is 7.20. The number of anilines is 1. The number of piperidine rings is 2. The Hall–Kier alpha value is -2.34. The number of nitrogens with zero attached hydrogens (tertiary/aromatic N) is 3. The number of hydrogen-bond donors (Lipinski definition) is 2. The highest BCUT2D eigenvalue weighted by atomic mass is 16.2. The van der Waals surface area contributed by atoms with Crippen LogP contribution in [-0.2, 0) is 10.3 Å². The van der Waals surface area contributed by atoms with Crippen LogP contribution in [0, 0.1) is 0 Å². The summed E-state index contributed by atoms with van der Waals surface area (Å²) in [5, 5.41) is 11.1. The number of benzene rings is 1. The Morgan fingerprint density at radius 3 is 2.50 bits per heavy atom. The predicted molar refractivity (Wildman–Crippen MR) is 102 cm³/mol. The van der Waals surface area contributed by atoms with Gasteiger partial charge in [0, 0.05) is 37.2 Å². The fourth-order valence-electron chi connectivity index (χ4n) is 4.16. The molecule has 1 aromatic heterocycles. The van der Waals surface area contributed by atoms with E-state index in [1.807, 2.05) is 23.0 Å². The van der Waals surface area contributed by atoms with Crippen molar-refractivity contribution in [2.24, 2.45) is 0 Å². The van der Waals surface area contributed by atoms with Gasteiger partial charge in [-0.15, -0.1) is 0 Å². The molecule has 0 spiro atoms. The fourth-order valence-corrected chi connectivity index (χ4v) is 4.16. The highest BCUT2D eigenvalue weighted by molar-refractivity contribution is 5.84. The van der Waals surface area contributed by atoms with Crippen molar-refractivity contribution in [2.45, 2.75) is 37.3 Å². The van der Waals surface area contributed by atoms with Crippen LogP contribution in [0.25, 0.3) is 0 Å². The van der Waals surface area contributed by atoms with Crippen LogP contribution in [-0.4, -0.2) is 47.9 Å². The maximum Gasteiger partial charge on any atom is 0.248 e. The van der Waals surface area contributed by atoms with Crippen LogP contribution in [0.3, 0.4) is 0 Å². The van der Waals surface area contributed by atoms with E-state index in [9.17, 15) is 4.79 Å². The summed E-state index contributed by atoms with van der Waals surface area (Å²) < 4.78 is 1.86. The molecule has 138 valence electrons. The molecule has 0 aliphatic carbocycles. The van der Waals surface area contributed by atoms with E-state index in [0.717, 1.165) is 51.9 Å². The van der Waals surface area contributed by atoms with Gasteiger partial charge < -0.3 is 15.5 Å². The van der Waals surface area contributed by atoms with E-state index in [-0.39, 0.29) is 11.9 Å². The van der Waals surface area contributed by atoms with E-state index in [1.165, 1.54) is 5.69 Å². The summed E-state index contributed by atoms with van der Waals surface area (Å²) in [4.78, 5) is 15.6. The smallest absolute Gasteiger partial charge is 0.248 e. The zero-order valence-corrected chi connectivity index (χ0v) is 15.1. The highest BCUT2D eigenvalue weighted by Gasteiger charge is 2.42. The van der Waals surface area contributed by atoms with Crippen LogP contribution >= 0.6 is 0 Å². The SMILES string of the molecule is O=C(NC1CCN(c2ccccc2)CC1)C1(n2cccn2)CCNCC1. The van der Waals surface area contributed by atoms with Gasteiger partial charge in [-0.3, -0.25) is 9.48 Å². The third-order valence-electron chi connectivity index (χ3n) is 5.75. The van der Waals surface area contributed by atoms with Gasteiger partial charge in [-0.25, -0.2) is 0 Å². The molecule has 2 aliphatic heterocycles. The van der Waals surface area contributed by atoms with E-state index in [4.69, 9.17) is 0 Å². The summed E-state index contributed by atoms with van der Waals surface area (Å²) in [6.45, 7) is 3.65. The Morgan fingerprint density at radius 2 is 1.85 bits per heavy atom. The van der Waals surface area contributed by atoms with Crippen LogP contribution in [0.5, 0.6) is 0 Å². The van der Waals surface area contributed by atoms with E-state index in [0.29, 0.717) is 0 Å². The minimum Gasteiger partial charge on any atom is -0.371 e. The van der Waals surface area contributed by atoms with Crippen molar-refractivity contribution < 1.29 is 4.79 Å². The van der Waals surface area contributed by atoms with E-state index in [1.54, 1.807) is 6.20 Å². The van der Waals surface area contributed by atoms with Gasteiger partial charge in [0.05, 0.1) is 0 Å². The monoisotopic (exact) mass is 353 g/mol. The van der Waals surface area contributed by atoms with Gasteiger partial charge in [0.15, 0.2) is 0 Å². The largest absolute Gasteiger partial charge is 0.371 e. The summed E-state index contributed by atoms with van der Waals surface area (Å²) in [5.41, 5.74) is 0.717. The molecule has 1 amide bonds. The molecule has 2 saturated heterocycles. The first-order chi connectivity index (χ1) is 12.8. The van der Waals surface area contributed by atoms with Gasteiger partial charge in [-0.2, -0.15) is 5.10 Å². The molecule has 6 heteroatoms. The molecule has 0 unspecified atom stereocenters. The summed E-state index contributed by atoms with van der Waals surface area (Å²) in [5.74, 6) is 0.126. The standard InChI is InChI=1S/C20H27N5O/c26-19(20(9-12-21-13-10-20)25-14-4-11-22-25)23-17-7-15-24(16-8-17)18-5-2-1-3-6-18/h1-6,11,14,17,21H,7-10,12-13,15-16H2,(H,23,26). The number of carbonyl (C=O) groups is 1. The number of nitrogens with one attached hydrogen (secondary N) is 2. The normalized spacial score (nSPS) is 20.7. The zero-order chi connectivity index (χ0) is 17.8. The van der Waals surface area contributed by atoms with Gasteiger partial charge in [-0.05, 0) is 57.0 Å². The molecule has 6 nitrogen and oxygen atoms in total. The second-order valence-corrected chi connectivity index (χ2v) is 7.30. The summed E-state index contributed by atoms with van der Waals surface area (Å²) in [7, 11) is 0. The molecule has 2 aliphatic rings. The maximum atomic E-state index is 13.2.